The van der Waals surface area contributed by atoms with Crippen LogP contribution in [0.4, 0.5) is 9.18 Å². The SMILES string of the molecule is CC(C)(C)OC(=O)N1CCCC1.Cn1cnc2c(-c3ccc(C#N)c(F)c3)c(-c3ccc4c(cnn4C)c3)ncc21. The van der Waals surface area contributed by atoms with Crippen LogP contribution in [0.2, 0.25) is 0 Å². The summed E-state index contributed by atoms with van der Waals surface area (Å²) in [6, 6.07) is 12.4. The predicted molar refractivity (Wildman–Crippen MR) is 155 cm³/mol. The van der Waals surface area contributed by atoms with E-state index in [1.165, 1.54) is 12.1 Å². The van der Waals surface area contributed by atoms with Crippen molar-refractivity contribution in [2.75, 3.05) is 13.1 Å². The van der Waals surface area contributed by atoms with Crippen LogP contribution < -0.4 is 0 Å². The Hall–Kier alpha value is -4.78. The maximum atomic E-state index is 14.4. The van der Waals surface area contributed by atoms with Gasteiger partial charge in [0.05, 0.1) is 41.0 Å². The number of hydrogen-bond acceptors (Lipinski definition) is 6. The lowest BCUT2D eigenvalue weighted by atomic mass is 9.96. The Labute approximate surface area is 237 Å². The molecule has 9 nitrogen and oxygen atoms in total. The number of aromatic nitrogens is 5. The van der Waals surface area contributed by atoms with Crippen LogP contribution in [0.1, 0.15) is 39.2 Å². The molecular formula is C31H32FN7O2. The summed E-state index contributed by atoms with van der Waals surface area (Å²) in [5.41, 5.74) is 5.17. The number of nitrogens with zero attached hydrogens (tertiary/aromatic N) is 7. The Morgan fingerprint density at radius 1 is 1.00 bits per heavy atom. The van der Waals surface area contributed by atoms with Crippen molar-refractivity contribution in [1.82, 2.24) is 29.2 Å². The Morgan fingerprint density at radius 2 is 1.73 bits per heavy atom. The van der Waals surface area contributed by atoms with Crippen LogP contribution in [0.5, 0.6) is 0 Å². The van der Waals surface area contributed by atoms with Crippen molar-refractivity contribution in [3.05, 3.63) is 66.5 Å². The number of ether oxygens (including phenoxy) is 1. The quantitative estimate of drug-likeness (QED) is 0.257. The monoisotopic (exact) mass is 553 g/mol. The summed E-state index contributed by atoms with van der Waals surface area (Å²) in [5.74, 6) is -0.563. The zero-order chi connectivity index (χ0) is 29.3. The fraction of sp³-hybridized carbons (Fsp3) is 0.323. The number of rotatable bonds is 2. The fourth-order valence-corrected chi connectivity index (χ4v) is 4.88. The molecule has 5 aromatic rings. The third-order valence-electron chi connectivity index (χ3n) is 6.93. The molecule has 1 fully saturated rings. The van der Waals surface area contributed by atoms with E-state index in [2.05, 4.69) is 10.1 Å². The minimum absolute atomic E-state index is 0.00762. The van der Waals surface area contributed by atoms with E-state index < -0.39 is 5.82 Å². The Morgan fingerprint density at radius 3 is 2.41 bits per heavy atom. The van der Waals surface area contributed by atoms with E-state index in [1.807, 2.05) is 68.4 Å². The number of halogens is 1. The average Bonchev–Trinajstić information content (AvgIpc) is 3.69. The van der Waals surface area contributed by atoms with Gasteiger partial charge in [0.2, 0.25) is 0 Å². The molecule has 41 heavy (non-hydrogen) atoms. The number of carbonyl (C=O) groups is 1. The van der Waals surface area contributed by atoms with E-state index in [-0.39, 0.29) is 17.3 Å². The molecule has 1 aliphatic heterocycles. The van der Waals surface area contributed by atoms with Crippen molar-refractivity contribution < 1.29 is 13.9 Å². The largest absolute Gasteiger partial charge is 0.444 e. The number of amides is 1. The molecule has 1 saturated heterocycles. The van der Waals surface area contributed by atoms with Gasteiger partial charge in [-0.1, -0.05) is 12.1 Å². The van der Waals surface area contributed by atoms with Gasteiger partial charge in [0.25, 0.3) is 0 Å². The van der Waals surface area contributed by atoms with Gasteiger partial charge in [0.1, 0.15) is 23.0 Å². The van der Waals surface area contributed by atoms with Crippen LogP contribution in [0.25, 0.3) is 44.3 Å². The first-order valence-corrected chi connectivity index (χ1v) is 13.5. The summed E-state index contributed by atoms with van der Waals surface area (Å²) < 4.78 is 23.3. The van der Waals surface area contributed by atoms with Gasteiger partial charge in [-0.05, 0) is 63.4 Å². The lowest BCUT2D eigenvalue weighted by Gasteiger charge is -2.23. The molecule has 0 atom stereocenters. The molecule has 0 aliphatic carbocycles. The number of nitriles is 1. The summed E-state index contributed by atoms with van der Waals surface area (Å²) in [6.45, 7) is 7.38. The number of pyridine rings is 1. The molecule has 0 radical (unpaired) electrons. The Kier molecular flexibility index (Phi) is 7.45. The lowest BCUT2D eigenvalue weighted by Crippen LogP contribution is -2.34. The zero-order valence-electron chi connectivity index (χ0n) is 23.8. The highest BCUT2D eigenvalue weighted by molar-refractivity contribution is 6.00. The summed E-state index contributed by atoms with van der Waals surface area (Å²) in [7, 11) is 3.78. The molecule has 1 aliphatic rings. The molecule has 2 aromatic carbocycles. The second-order valence-corrected chi connectivity index (χ2v) is 11.1. The molecule has 3 aromatic heterocycles. The second kappa shape index (κ2) is 11.0. The van der Waals surface area contributed by atoms with Crippen LogP contribution in [0.3, 0.4) is 0 Å². The topological polar surface area (TPSA) is 102 Å². The standard InChI is InChI=1S/C22H15FN6.C9H17NO2/c1-28-12-26-22-19(28)11-25-21(14-5-6-18-16(7-14)10-27-29(18)2)20(22)13-3-4-15(9-24)17(23)8-13;1-9(2,3)12-8(11)10-6-4-5-7-10/h3-8,10-12H,1-2H3;4-7H2,1-3H3. The van der Waals surface area contributed by atoms with Crippen LogP contribution in [-0.4, -0.2) is 54.0 Å². The highest BCUT2D eigenvalue weighted by Crippen LogP contribution is 2.37. The molecule has 1 amide bonds. The van der Waals surface area contributed by atoms with E-state index in [0.717, 1.165) is 59.0 Å². The molecule has 210 valence electrons. The van der Waals surface area contributed by atoms with Gasteiger partial charge in [-0.3, -0.25) is 9.67 Å². The van der Waals surface area contributed by atoms with Gasteiger partial charge >= 0.3 is 6.09 Å². The fourth-order valence-electron chi connectivity index (χ4n) is 4.88. The zero-order valence-corrected chi connectivity index (χ0v) is 23.8. The first kappa shape index (κ1) is 27.8. The third kappa shape index (κ3) is 5.75. The van der Waals surface area contributed by atoms with Crippen molar-refractivity contribution in [1.29, 1.82) is 5.26 Å². The number of fused-ring (bicyclic) bond motifs is 2. The van der Waals surface area contributed by atoms with E-state index in [9.17, 15) is 9.18 Å². The average molecular weight is 554 g/mol. The van der Waals surface area contributed by atoms with E-state index in [4.69, 9.17) is 15.0 Å². The first-order valence-electron chi connectivity index (χ1n) is 13.5. The predicted octanol–water partition coefficient (Wildman–Crippen LogP) is 6.22. The second-order valence-electron chi connectivity index (χ2n) is 11.1. The van der Waals surface area contributed by atoms with Crippen molar-refractivity contribution in [3.8, 4) is 28.5 Å². The van der Waals surface area contributed by atoms with Crippen molar-refractivity contribution in [2.24, 2.45) is 14.1 Å². The van der Waals surface area contributed by atoms with E-state index in [1.54, 1.807) is 29.7 Å². The smallest absolute Gasteiger partial charge is 0.410 e. The van der Waals surface area contributed by atoms with Gasteiger partial charge in [-0.25, -0.2) is 14.2 Å². The molecular weight excluding hydrogens is 521 g/mol. The van der Waals surface area contributed by atoms with Gasteiger partial charge < -0.3 is 14.2 Å². The maximum absolute atomic E-state index is 14.4. The normalized spacial score (nSPS) is 13.2. The molecule has 0 spiro atoms. The molecule has 0 N–H and O–H groups in total. The number of imidazole rings is 1. The van der Waals surface area contributed by atoms with Crippen LogP contribution in [0, 0.1) is 17.1 Å². The Bertz CT molecular complexity index is 1790. The summed E-state index contributed by atoms with van der Waals surface area (Å²) >= 11 is 0. The molecule has 10 heteroatoms. The van der Waals surface area contributed by atoms with Crippen LogP contribution >= 0.6 is 0 Å². The van der Waals surface area contributed by atoms with Crippen molar-refractivity contribution in [3.63, 3.8) is 0 Å². The maximum Gasteiger partial charge on any atom is 0.410 e. The minimum Gasteiger partial charge on any atom is -0.444 e. The minimum atomic E-state index is -0.563. The van der Waals surface area contributed by atoms with E-state index in [0.29, 0.717) is 11.3 Å². The van der Waals surface area contributed by atoms with Crippen LogP contribution in [-0.2, 0) is 18.8 Å². The number of likely N-dealkylation sites (tertiary alicyclic amines) is 1. The lowest BCUT2D eigenvalue weighted by molar-refractivity contribution is 0.0295. The van der Waals surface area contributed by atoms with Gasteiger partial charge in [0, 0.05) is 43.7 Å². The number of benzene rings is 2. The first-order chi connectivity index (χ1) is 19.6. The third-order valence-corrected chi connectivity index (χ3v) is 6.93. The Balaban J connectivity index is 0.000000237. The van der Waals surface area contributed by atoms with Crippen molar-refractivity contribution >= 4 is 28.0 Å². The summed E-state index contributed by atoms with van der Waals surface area (Å²) in [5, 5.41) is 14.4. The molecule has 4 heterocycles. The molecule has 0 unspecified atom stereocenters. The molecule has 0 bridgehead atoms. The molecule has 6 rings (SSSR count). The van der Waals surface area contributed by atoms with Crippen molar-refractivity contribution in [2.45, 2.75) is 39.2 Å². The van der Waals surface area contributed by atoms with Gasteiger partial charge in [0.15, 0.2) is 0 Å². The van der Waals surface area contributed by atoms with E-state index >= 15 is 0 Å². The van der Waals surface area contributed by atoms with Gasteiger partial charge in [-0.15, -0.1) is 0 Å². The highest BCUT2D eigenvalue weighted by Gasteiger charge is 2.24. The number of carbonyl (C=O) groups excluding carboxylic acids is 1. The highest BCUT2D eigenvalue weighted by atomic mass is 19.1. The summed E-state index contributed by atoms with van der Waals surface area (Å²) in [6.07, 6.45) is 7.34. The van der Waals surface area contributed by atoms with Crippen LogP contribution in [0.15, 0.2) is 55.1 Å². The number of aryl methyl sites for hydroxylation is 2. The van der Waals surface area contributed by atoms with Gasteiger partial charge in [-0.2, -0.15) is 10.4 Å². The molecule has 0 saturated carbocycles. The number of hydrogen-bond donors (Lipinski definition) is 0. The summed E-state index contributed by atoms with van der Waals surface area (Å²) in [4.78, 5) is 22.4.